The molecule has 0 amide bonds. The van der Waals surface area contributed by atoms with E-state index in [2.05, 4.69) is 14.9 Å². The van der Waals surface area contributed by atoms with E-state index >= 15 is 0 Å². The summed E-state index contributed by atoms with van der Waals surface area (Å²) in [5.41, 5.74) is 2.42. The maximum atomic E-state index is 12.7. The van der Waals surface area contributed by atoms with Crippen molar-refractivity contribution in [3.05, 3.63) is 47.9 Å². The standard InChI is InChI=1S/C18H22N4O2S/c23-25(24,15-6-2-1-3-7-15)22-12-10-21(11-13-22)18-16-8-4-5-9-17(16)19-14-20-18/h1-3,6-7,14H,4-5,8-13H2. The van der Waals surface area contributed by atoms with E-state index in [-0.39, 0.29) is 0 Å². The van der Waals surface area contributed by atoms with E-state index in [0.717, 1.165) is 24.4 Å². The Morgan fingerprint density at radius 1 is 0.880 bits per heavy atom. The van der Waals surface area contributed by atoms with Gasteiger partial charge in [-0.25, -0.2) is 18.4 Å². The van der Waals surface area contributed by atoms with Gasteiger partial charge in [0.05, 0.1) is 4.90 Å². The molecule has 4 rings (SSSR count). The number of piperazine rings is 1. The third-order valence-electron chi connectivity index (χ3n) is 5.02. The summed E-state index contributed by atoms with van der Waals surface area (Å²) in [6.45, 7) is 2.29. The molecular formula is C18H22N4O2S. The molecule has 0 radical (unpaired) electrons. The fourth-order valence-corrected chi connectivity index (χ4v) is 5.10. The lowest BCUT2D eigenvalue weighted by Crippen LogP contribution is -2.49. The van der Waals surface area contributed by atoms with Gasteiger partial charge in [0.25, 0.3) is 0 Å². The van der Waals surface area contributed by atoms with Crippen LogP contribution < -0.4 is 4.90 Å². The van der Waals surface area contributed by atoms with Crippen molar-refractivity contribution >= 4 is 15.8 Å². The summed E-state index contributed by atoms with van der Waals surface area (Å²) >= 11 is 0. The van der Waals surface area contributed by atoms with Gasteiger partial charge in [-0.2, -0.15) is 4.31 Å². The zero-order valence-corrected chi connectivity index (χ0v) is 15.0. The predicted octanol–water partition coefficient (Wildman–Crippen LogP) is 1.87. The Kier molecular flexibility index (Phi) is 4.43. The molecule has 1 saturated heterocycles. The van der Waals surface area contributed by atoms with Gasteiger partial charge in [0, 0.05) is 37.4 Å². The number of sulfonamides is 1. The second kappa shape index (κ2) is 6.72. The molecule has 0 atom stereocenters. The van der Waals surface area contributed by atoms with Crippen LogP contribution in [0, 0.1) is 0 Å². The normalized spacial score (nSPS) is 18.8. The van der Waals surface area contributed by atoms with Crippen LogP contribution in [0.15, 0.2) is 41.6 Å². The Labute approximate surface area is 148 Å². The van der Waals surface area contributed by atoms with Crippen LogP contribution in [0.25, 0.3) is 0 Å². The molecule has 1 fully saturated rings. The summed E-state index contributed by atoms with van der Waals surface area (Å²) in [7, 11) is -3.41. The smallest absolute Gasteiger partial charge is 0.243 e. The van der Waals surface area contributed by atoms with Gasteiger partial charge in [-0.15, -0.1) is 0 Å². The largest absolute Gasteiger partial charge is 0.354 e. The molecule has 1 aliphatic heterocycles. The molecule has 2 heterocycles. The van der Waals surface area contributed by atoms with Crippen LogP contribution in [0.4, 0.5) is 5.82 Å². The summed E-state index contributed by atoms with van der Waals surface area (Å²) in [6, 6.07) is 8.66. The van der Waals surface area contributed by atoms with Crippen LogP contribution in [-0.4, -0.2) is 48.9 Å². The molecule has 1 aromatic heterocycles. The topological polar surface area (TPSA) is 66.4 Å². The molecule has 6 nitrogen and oxygen atoms in total. The first-order valence-corrected chi connectivity index (χ1v) is 10.2. The minimum Gasteiger partial charge on any atom is -0.354 e. The van der Waals surface area contributed by atoms with E-state index in [1.54, 1.807) is 34.9 Å². The quantitative estimate of drug-likeness (QED) is 0.838. The Hall–Kier alpha value is -1.99. The van der Waals surface area contributed by atoms with E-state index in [4.69, 9.17) is 0 Å². The minimum absolute atomic E-state index is 0.364. The molecule has 1 aromatic carbocycles. The molecule has 0 N–H and O–H groups in total. The minimum atomic E-state index is -3.41. The average Bonchev–Trinajstić information content (AvgIpc) is 2.68. The number of fused-ring (bicyclic) bond motifs is 1. The highest BCUT2D eigenvalue weighted by Gasteiger charge is 2.30. The van der Waals surface area contributed by atoms with E-state index in [9.17, 15) is 8.42 Å². The van der Waals surface area contributed by atoms with Crippen molar-refractivity contribution < 1.29 is 8.42 Å². The van der Waals surface area contributed by atoms with Crippen LogP contribution in [0.2, 0.25) is 0 Å². The first kappa shape index (κ1) is 16.5. The lowest BCUT2D eigenvalue weighted by atomic mass is 9.96. The molecule has 25 heavy (non-hydrogen) atoms. The number of aryl methyl sites for hydroxylation is 1. The van der Waals surface area contributed by atoms with Gasteiger partial charge in [-0.3, -0.25) is 0 Å². The van der Waals surface area contributed by atoms with Gasteiger partial charge in [0.15, 0.2) is 0 Å². The lowest BCUT2D eigenvalue weighted by Gasteiger charge is -2.36. The number of benzene rings is 1. The molecule has 132 valence electrons. The van der Waals surface area contributed by atoms with E-state index in [1.807, 2.05) is 6.07 Å². The van der Waals surface area contributed by atoms with Gasteiger partial charge < -0.3 is 4.90 Å². The zero-order valence-electron chi connectivity index (χ0n) is 14.1. The highest BCUT2D eigenvalue weighted by molar-refractivity contribution is 7.89. The van der Waals surface area contributed by atoms with Crippen LogP contribution in [0.1, 0.15) is 24.1 Å². The lowest BCUT2D eigenvalue weighted by molar-refractivity contribution is 0.383. The van der Waals surface area contributed by atoms with Gasteiger partial charge in [-0.05, 0) is 37.8 Å². The summed E-state index contributed by atoms with van der Waals surface area (Å²) in [5, 5.41) is 0. The highest BCUT2D eigenvalue weighted by atomic mass is 32.2. The summed E-state index contributed by atoms with van der Waals surface area (Å²) in [5.74, 6) is 1.00. The van der Waals surface area contributed by atoms with Crippen molar-refractivity contribution in [3.63, 3.8) is 0 Å². The number of rotatable bonds is 3. The third-order valence-corrected chi connectivity index (χ3v) is 6.93. The SMILES string of the molecule is O=S(=O)(c1ccccc1)N1CCN(c2ncnc3c2CCCC3)CC1. The van der Waals surface area contributed by atoms with E-state index in [1.165, 1.54) is 18.4 Å². The van der Waals surface area contributed by atoms with Crippen LogP contribution in [0.5, 0.6) is 0 Å². The fraction of sp³-hybridized carbons (Fsp3) is 0.444. The van der Waals surface area contributed by atoms with Crippen molar-refractivity contribution in [1.29, 1.82) is 0 Å². The van der Waals surface area contributed by atoms with Crippen molar-refractivity contribution in [1.82, 2.24) is 14.3 Å². The Balaban J connectivity index is 1.51. The number of hydrogen-bond acceptors (Lipinski definition) is 5. The van der Waals surface area contributed by atoms with E-state index in [0.29, 0.717) is 31.1 Å². The van der Waals surface area contributed by atoms with Crippen molar-refractivity contribution in [2.45, 2.75) is 30.6 Å². The molecule has 7 heteroatoms. The van der Waals surface area contributed by atoms with Crippen molar-refractivity contribution in [3.8, 4) is 0 Å². The second-order valence-corrected chi connectivity index (χ2v) is 8.47. The number of nitrogens with zero attached hydrogens (tertiary/aromatic N) is 4. The summed E-state index contributed by atoms with van der Waals surface area (Å²) in [6.07, 6.45) is 6.05. The highest BCUT2D eigenvalue weighted by Crippen LogP contribution is 2.28. The Morgan fingerprint density at radius 3 is 2.36 bits per heavy atom. The number of anilines is 1. The first-order valence-electron chi connectivity index (χ1n) is 8.79. The Bertz CT molecular complexity index is 847. The van der Waals surface area contributed by atoms with Gasteiger partial charge in [0.1, 0.15) is 12.1 Å². The monoisotopic (exact) mass is 358 g/mol. The van der Waals surface area contributed by atoms with Gasteiger partial charge >= 0.3 is 0 Å². The maximum Gasteiger partial charge on any atom is 0.243 e. The second-order valence-electron chi connectivity index (χ2n) is 6.53. The van der Waals surface area contributed by atoms with Crippen LogP contribution in [0.3, 0.4) is 0 Å². The molecule has 0 saturated carbocycles. The summed E-state index contributed by atoms with van der Waals surface area (Å²) in [4.78, 5) is 11.5. The zero-order chi connectivity index (χ0) is 17.3. The van der Waals surface area contributed by atoms with Crippen molar-refractivity contribution in [2.24, 2.45) is 0 Å². The average molecular weight is 358 g/mol. The van der Waals surface area contributed by atoms with Crippen LogP contribution in [-0.2, 0) is 22.9 Å². The first-order chi connectivity index (χ1) is 12.2. The molecule has 2 aliphatic rings. The van der Waals surface area contributed by atoms with Gasteiger partial charge in [-0.1, -0.05) is 18.2 Å². The molecular weight excluding hydrogens is 336 g/mol. The summed E-state index contributed by atoms with van der Waals surface area (Å²) < 4.78 is 27.1. The molecule has 0 spiro atoms. The predicted molar refractivity (Wildman–Crippen MR) is 96.1 cm³/mol. The van der Waals surface area contributed by atoms with Gasteiger partial charge in [0.2, 0.25) is 10.0 Å². The molecule has 0 bridgehead atoms. The third kappa shape index (κ3) is 3.14. The number of hydrogen-bond donors (Lipinski definition) is 0. The number of aromatic nitrogens is 2. The molecule has 0 unspecified atom stereocenters. The molecule has 1 aliphatic carbocycles. The van der Waals surface area contributed by atoms with E-state index < -0.39 is 10.0 Å². The molecule has 2 aromatic rings. The maximum absolute atomic E-state index is 12.7. The van der Waals surface area contributed by atoms with Crippen LogP contribution >= 0.6 is 0 Å². The Morgan fingerprint density at radius 2 is 1.60 bits per heavy atom. The van der Waals surface area contributed by atoms with Crippen molar-refractivity contribution in [2.75, 3.05) is 31.1 Å². The fourth-order valence-electron chi connectivity index (χ4n) is 3.66.